The van der Waals surface area contributed by atoms with Crippen molar-refractivity contribution in [2.45, 2.75) is 20.8 Å². The Bertz CT molecular complexity index is 830. The first kappa shape index (κ1) is 14.3. The number of hydrogen-bond donors (Lipinski definition) is 2. The molecule has 2 aromatic heterocycles. The topological polar surface area (TPSA) is 70.7 Å². The van der Waals surface area contributed by atoms with Crippen molar-refractivity contribution in [1.29, 1.82) is 0 Å². The van der Waals surface area contributed by atoms with Crippen molar-refractivity contribution < 1.29 is 4.79 Å². The van der Waals surface area contributed by atoms with Gasteiger partial charge in [0.25, 0.3) is 0 Å². The van der Waals surface area contributed by atoms with E-state index in [1.165, 1.54) is 0 Å². The Labute approximate surface area is 128 Å². The second kappa shape index (κ2) is 5.26. The number of amides is 1. The minimum absolute atomic E-state index is 0.0419. The van der Waals surface area contributed by atoms with Gasteiger partial charge in [-0.05, 0) is 12.1 Å². The molecule has 0 aliphatic rings. The van der Waals surface area contributed by atoms with Gasteiger partial charge in [-0.15, -0.1) is 0 Å². The fourth-order valence-electron chi connectivity index (χ4n) is 2.17. The van der Waals surface area contributed by atoms with Gasteiger partial charge >= 0.3 is 0 Å². The number of para-hydroxylation sites is 1. The zero-order valence-electron chi connectivity index (χ0n) is 12.8. The second-order valence-corrected chi connectivity index (χ2v) is 6.24. The van der Waals surface area contributed by atoms with Crippen LogP contribution in [0.25, 0.3) is 22.2 Å². The molecule has 22 heavy (non-hydrogen) atoms. The van der Waals surface area contributed by atoms with E-state index in [4.69, 9.17) is 0 Å². The smallest absolute Gasteiger partial charge is 0.229 e. The molecule has 2 heterocycles. The molecule has 3 aromatic rings. The first-order valence-corrected chi connectivity index (χ1v) is 7.16. The molecule has 0 spiro atoms. The molecule has 0 radical (unpaired) electrons. The molecule has 0 fully saturated rings. The summed E-state index contributed by atoms with van der Waals surface area (Å²) in [6.07, 6.45) is 3.39. The summed E-state index contributed by atoms with van der Waals surface area (Å²) in [4.78, 5) is 16.4. The number of carbonyl (C=O) groups is 1. The number of carbonyl (C=O) groups excluding carboxylic acids is 1. The van der Waals surface area contributed by atoms with Crippen LogP contribution in [0, 0.1) is 5.41 Å². The highest BCUT2D eigenvalue weighted by molar-refractivity contribution is 6.01. The van der Waals surface area contributed by atoms with Crippen molar-refractivity contribution in [2.75, 3.05) is 5.32 Å². The van der Waals surface area contributed by atoms with E-state index in [1.807, 2.05) is 45.0 Å². The van der Waals surface area contributed by atoms with E-state index in [2.05, 4.69) is 20.5 Å². The molecule has 5 heteroatoms. The Morgan fingerprint density at radius 2 is 1.95 bits per heavy atom. The SMILES string of the molecule is CC(C)(C)C(=O)Nc1ccncc1-c1n[nH]c2ccccc12. The highest BCUT2D eigenvalue weighted by Crippen LogP contribution is 2.31. The third kappa shape index (κ3) is 2.57. The molecule has 1 amide bonds. The van der Waals surface area contributed by atoms with E-state index in [1.54, 1.807) is 18.5 Å². The largest absolute Gasteiger partial charge is 0.325 e. The summed E-state index contributed by atoms with van der Waals surface area (Å²) < 4.78 is 0. The van der Waals surface area contributed by atoms with Gasteiger partial charge in [-0.3, -0.25) is 14.9 Å². The van der Waals surface area contributed by atoms with Crippen molar-refractivity contribution in [2.24, 2.45) is 5.41 Å². The van der Waals surface area contributed by atoms with Crippen molar-refractivity contribution in [3.05, 3.63) is 42.7 Å². The van der Waals surface area contributed by atoms with Crippen LogP contribution in [0.15, 0.2) is 42.7 Å². The summed E-state index contributed by atoms with van der Waals surface area (Å²) in [6.45, 7) is 5.65. The summed E-state index contributed by atoms with van der Waals surface area (Å²) >= 11 is 0. The summed E-state index contributed by atoms with van der Waals surface area (Å²) in [5, 5.41) is 11.4. The number of rotatable bonds is 2. The molecule has 1 aromatic carbocycles. The van der Waals surface area contributed by atoms with Gasteiger partial charge in [-0.25, -0.2) is 0 Å². The molecule has 0 unspecified atom stereocenters. The molecular weight excluding hydrogens is 276 g/mol. The summed E-state index contributed by atoms with van der Waals surface area (Å²) in [5.74, 6) is -0.0419. The van der Waals surface area contributed by atoms with E-state index < -0.39 is 5.41 Å². The lowest BCUT2D eigenvalue weighted by molar-refractivity contribution is -0.123. The van der Waals surface area contributed by atoms with Crippen LogP contribution in [-0.4, -0.2) is 21.1 Å². The minimum atomic E-state index is -0.464. The first-order valence-electron chi connectivity index (χ1n) is 7.16. The fraction of sp³-hybridized carbons (Fsp3) is 0.235. The van der Waals surface area contributed by atoms with E-state index in [0.717, 1.165) is 22.2 Å². The van der Waals surface area contributed by atoms with Crippen LogP contribution in [0.4, 0.5) is 5.69 Å². The van der Waals surface area contributed by atoms with Crippen molar-refractivity contribution in [3.8, 4) is 11.3 Å². The monoisotopic (exact) mass is 294 g/mol. The molecule has 0 aliphatic heterocycles. The summed E-state index contributed by atoms with van der Waals surface area (Å²) in [6, 6.07) is 9.68. The van der Waals surface area contributed by atoms with Gasteiger partial charge in [0, 0.05) is 28.8 Å². The third-order valence-corrected chi connectivity index (χ3v) is 3.48. The number of aromatic nitrogens is 3. The first-order chi connectivity index (χ1) is 10.5. The molecule has 0 saturated carbocycles. The number of fused-ring (bicyclic) bond motifs is 1. The van der Waals surface area contributed by atoms with Gasteiger partial charge in [0.1, 0.15) is 5.69 Å². The third-order valence-electron chi connectivity index (χ3n) is 3.48. The Kier molecular flexibility index (Phi) is 3.41. The number of nitrogens with one attached hydrogen (secondary N) is 2. The Balaban J connectivity index is 2.07. The molecular formula is C17H18N4O. The molecule has 0 aliphatic carbocycles. The van der Waals surface area contributed by atoms with E-state index >= 15 is 0 Å². The molecule has 3 rings (SSSR count). The van der Waals surface area contributed by atoms with Gasteiger partial charge in [-0.2, -0.15) is 5.10 Å². The number of hydrogen-bond acceptors (Lipinski definition) is 3. The number of anilines is 1. The molecule has 112 valence electrons. The molecule has 2 N–H and O–H groups in total. The maximum atomic E-state index is 12.3. The Hall–Kier alpha value is -2.69. The van der Waals surface area contributed by atoms with Crippen LogP contribution < -0.4 is 5.32 Å². The van der Waals surface area contributed by atoms with Gasteiger partial charge in [-0.1, -0.05) is 39.0 Å². The molecule has 5 nitrogen and oxygen atoms in total. The van der Waals surface area contributed by atoms with E-state index in [0.29, 0.717) is 5.69 Å². The number of H-pyrrole nitrogens is 1. The van der Waals surface area contributed by atoms with Crippen LogP contribution in [0.5, 0.6) is 0 Å². The predicted molar refractivity (Wildman–Crippen MR) is 87.4 cm³/mol. The summed E-state index contributed by atoms with van der Waals surface area (Å²) in [7, 11) is 0. The van der Waals surface area contributed by atoms with E-state index in [9.17, 15) is 4.79 Å². The Morgan fingerprint density at radius 1 is 1.18 bits per heavy atom. The zero-order valence-corrected chi connectivity index (χ0v) is 12.8. The van der Waals surface area contributed by atoms with Gasteiger partial charge in [0.15, 0.2) is 0 Å². The molecule has 0 bridgehead atoms. The average Bonchev–Trinajstić information content (AvgIpc) is 2.91. The van der Waals surface area contributed by atoms with Crippen LogP contribution in [0.1, 0.15) is 20.8 Å². The van der Waals surface area contributed by atoms with Gasteiger partial charge in [0.2, 0.25) is 5.91 Å². The predicted octanol–water partition coefficient (Wildman–Crippen LogP) is 3.61. The quantitative estimate of drug-likeness (QED) is 0.758. The normalized spacial score (nSPS) is 11.6. The molecule has 0 saturated heterocycles. The van der Waals surface area contributed by atoms with E-state index in [-0.39, 0.29) is 5.91 Å². The highest BCUT2D eigenvalue weighted by Gasteiger charge is 2.23. The van der Waals surface area contributed by atoms with Crippen molar-refractivity contribution in [3.63, 3.8) is 0 Å². The average molecular weight is 294 g/mol. The number of nitrogens with zero attached hydrogens (tertiary/aromatic N) is 2. The van der Waals surface area contributed by atoms with Crippen LogP contribution in [-0.2, 0) is 4.79 Å². The lowest BCUT2D eigenvalue weighted by atomic mass is 9.95. The number of pyridine rings is 1. The maximum absolute atomic E-state index is 12.3. The fourth-order valence-corrected chi connectivity index (χ4v) is 2.17. The number of aromatic amines is 1. The zero-order chi connectivity index (χ0) is 15.7. The van der Waals surface area contributed by atoms with Crippen molar-refractivity contribution in [1.82, 2.24) is 15.2 Å². The maximum Gasteiger partial charge on any atom is 0.229 e. The standard InChI is InChI=1S/C17H18N4O/c1-17(2,3)16(22)19-13-8-9-18-10-12(13)15-11-6-4-5-7-14(11)20-21-15/h4-10H,1-3H3,(H,20,21)(H,18,19,22). The second-order valence-electron chi connectivity index (χ2n) is 6.24. The lowest BCUT2D eigenvalue weighted by Crippen LogP contribution is -2.27. The van der Waals surface area contributed by atoms with Gasteiger partial charge < -0.3 is 5.32 Å². The lowest BCUT2D eigenvalue weighted by Gasteiger charge is -2.18. The highest BCUT2D eigenvalue weighted by atomic mass is 16.2. The van der Waals surface area contributed by atoms with Crippen molar-refractivity contribution >= 4 is 22.5 Å². The van der Waals surface area contributed by atoms with Crippen LogP contribution in [0.3, 0.4) is 0 Å². The summed E-state index contributed by atoms with van der Waals surface area (Å²) in [5.41, 5.74) is 2.79. The van der Waals surface area contributed by atoms with Gasteiger partial charge in [0.05, 0.1) is 11.2 Å². The van der Waals surface area contributed by atoms with Crippen LogP contribution >= 0.6 is 0 Å². The number of benzene rings is 1. The minimum Gasteiger partial charge on any atom is -0.325 e. The Morgan fingerprint density at radius 3 is 2.73 bits per heavy atom. The molecule has 0 atom stereocenters. The van der Waals surface area contributed by atoms with Crippen LogP contribution in [0.2, 0.25) is 0 Å².